The Labute approximate surface area is 189 Å². The first-order valence-electron chi connectivity index (χ1n) is 10.9. The highest BCUT2D eigenvalue weighted by molar-refractivity contribution is 5.94. The van der Waals surface area contributed by atoms with Gasteiger partial charge in [-0.15, -0.1) is 0 Å². The molecular formula is C27H29NO4. The molecule has 0 radical (unpaired) electrons. The molecule has 166 valence electrons. The van der Waals surface area contributed by atoms with Crippen molar-refractivity contribution in [1.29, 1.82) is 0 Å². The molecule has 0 bridgehead atoms. The van der Waals surface area contributed by atoms with Crippen LogP contribution in [0, 0.1) is 0 Å². The average molecular weight is 432 g/mol. The van der Waals surface area contributed by atoms with E-state index in [2.05, 4.69) is 25.2 Å². The monoisotopic (exact) mass is 431 g/mol. The number of methoxy groups -OCH3 is 1. The molecule has 0 aromatic heterocycles. The highest BCUT2D eigenvalue weighted by atomic mass is 16.5. The minimum atomic E-state index is -0.204. The second-order valence-electron chi connectivity index (χ2n) is 8.62. The number of para-hydroxylation sites is 1. The maximum Gasteiger partial charge on any atom is 0.251 e. The van der Waals surface area contributed by atoms with Crippen LogP contribution in [-0.2, 0) is 19.4 Å². The summed E-state index contributed by atoms with van der Waals surface area (Å²) in [6, 6.07) is 21.4. The van der Waals surface area contributed by atoms with Crippen molar-refractivity contribution in [2.45, 2.75) is 38.9 Å². The van der Waals surface area contributed by atoms with Gasteiger partial charge in [-0.05, 0) is 61.7 Å². The Balaban J connectivity index is 1.28. The Bertz CT molecular complexity index is 1070. The molecule has 5 nitrogen and oxygen atoms in total. The van der Waals surface area contributed by atoms with Crippen LogP contribution in [0.15, 0.2) is 66.7 Å². The molecule has 0 unspecified atom stereocenters. The van der Waals surface area contributed by atoms with E-state index in [9.17, 15) is 4.79 Å². The molecule has 0 fully saturated rings. The van der Waals surface area contributed by atoms with Crippen molar-refractivity contribution < 1.29 is 19.0 Å². The normalized spacial score (nSPS) is 13.7. The zero-order valence-electron chi connectivity index (χ0n) is 18.8. The number of hydrogen-bond acceptors (Lipinski definition) is 4. The molecule has 0 saturated carbocycles. The van der Waals surface area contributed by atoms with Crippen LogP contribution in [0.25, 0.3) is 0 Å². The topological polar surface area (TPSA) is 56.8 Å². The van der Waals surface area contributed by atoms with Crippen molar-refractivity contribution in [3.8, 4) is 17.2 Å². The summed E-state index contributed by atoms with van der Waals surface area (Å²) in [7, 11) is 1.65. The highest BCUT2D eigenvalue weighted by Crippen LogP contribution is 2.41. The zero-order valence-corrected chi connectivity index (χ0v) is 18.8. The summed E-state index contributed by atoms with van der Waals surface area (Å²) in [5.74, 6) is 2.34. The molecule has 5 heteroatoms. The molecule has 1 heterocycles. The predicted molar refractivity (Wildman–Crippen MR) is 125 cm³/mol. The summed E-state index contributed by atoms with van der Waals surface area (Å²) >= 11 is 0. The van der Waals surface area contributed by atoms with Gasteiger partial charge >= 0.3 is 0 Å². The Kier molecular flexibility index (Phi) is 6.35. The van der Waals surface area contributed by atoms with Gasteiger partial charge in [-0.3, -0.25) is 4.79 Å². The van der Waals surface area contributed by atoms with Gasteiger partial charge in [-0.25, -0.2) is 0 Å². The standard InChI is InChI=1S/C27H29NO4/c1-27(2)17-22-5-4-6-24(25(22)32-27)31-18-20-7-11-21(12-8-20)26(29)28-16-15-19-9-13-23(30-3)14-10-19/h4-14H,15-18H2,1-3H3,(H,28,29). The first kappa shape index (κ1) is 21.8. The molecule has 0 spiro atoms. The summed E-state index contributed by atoms with van der Waals surface area (Å²) < 4.78 is 17.3. The van der Waals surface area contributed by atoms with Crippen molar-refractivity contribution in [3.63, 3.8) is 0 Å². The van der Waals surface area contributed by atoms with E-state index in [1.54, 1.807) is 7.11 Å². The van der Waals surface area contributed by atoms with Crippen LogP contribution in [0.5, 0.6) is 17.2 Å². The number of rotatable bonds is 8. The van der Waals surface area contributed by atoms with Gasteiger partial charge in [0.1, 0.15) is 18.0 Å². The molecule has 1 aliphatic heterocycles. The molecule has 1 amide bonds. The molecule has 0 saturated heterocycles. The fraction of sp³-hybridized carbons (Fsp3) is 0.296. The molecule has 3 aromatic rings. The number of amides is 1. The smallest absolute Gasteiger partial charge is 0.251 e. The minimum Gasteiger partial charge on any atom is -0.497 e. The summed E-state index contributed by atoms with van der Waals surface area (Å²) in [6.45, 7) is 5.15. The molecule has 1 N–H and O–H groups in total. The fourth-order valence-electron chi connectivity index (χ4n) is 3.83. The number of fused-ring (bicyclic) bond motifs is 1. The average Bonchev–Trinajstić information content (AvgIpc) is 3.12. The lowest BCUT2D eigenvalue weighted by molar-refractivity contribution is 0.0954. The van der Waals surface area contributed by atoms with Crippen LogP contribution in [0.2, 0.25) is 0 Å². The van der Waals surface area contributed by atoms with E-state index in [-0.39, 0.29) is 11.5 Å². The van der Waals surface area contributed by atoms with Gasteiger partial charge in [0.15, 0.2) is 11.5 Å². The first-order chi connectivity index (χ1) is 15.4. The van der Waals surface area contributed by atoms with Crippen molar-refractivity contribution >= 4 is 5.91 Å². The highest BCUT2D eigenvalue weighted by Gasteiger charge is 2.32. The predicted octanol–water partition coefficient (Wildman–Crippen LogP) is 4.96. The van der Waals surface area contributed by atoms with Crippen LogP contribution in [0.4, 0.5) is 0 Å². The zero-order chi connectivity index (χ0) is 22.6. The van der Waals surface area contributed by atoms with Crippen molar-refractivity contribution in [1.82, 2.24) is 5.32 Å². The van der Waals surface area contributed by atoms with Crippen LogP contribution in [-0.4, -0.2) is 25.2 Å². The van der Waals surface area contributed by atoms with E-state index >= 15 is 0 Å². The lowest BCUT2D eigenvalue weighted by Crippen LogP contribution is -2.25. The van der Waals surface area contributed by atoms with E-state index in [0.29, 0.717) is 18.7 Å². The molecule has 3 aromatic carbocycles. The number of nitrogens with one attached hydrogen (secondary N) is 1. The number of carbonyl (C=O) groups is 1. The third kappa shape index (κ3) is 5.22. The van der Waals surface area contributed by atoms with Crippen LogP contribution >= 0.6 is 0 Å². The number of ether oxygens (including phenoxy) is 3. The second kappa shape index (κ2) is 9.35. The van der Waals surface area contributed by atoms with Gasteiger partial charge in [0, 0.05) is 24.1 Å². The van der Waals surface area contributed by atoms with Gasteiger partial charge in [0.2, 0.25) is 0 Å². The quantitative estimate of drug-likeness (QED) is 0.548. The van der Waals surface area contributed by atoms with Crippen molar-refractivity contribution in [2.75, 3.05) is 13.7 Å². The van der Waals surface area contributed by atoms with E-state index in [1.807, 2.05) is 60.7 Å². The molecular weight excluding hydrogens is 402 g/mol. The minimum absolute atomic E-state index is 0.0810. The molecule has 32 heavy (non-hydrogen) atoms. The first-order valence-corrected chi connectivity index (χ1v) is 10.9. The van der Waals surface area contributed by atoms with Crippen LogP contribution in [0.3, 0.4) is 0 Å². The Morgan fingerprint density at radius 3 is 2.44 bits per heavy atom. The second-order valence-corrected chi connectivity index (χ2v) is 8.62. The van der Waals surface area contributed by atoms with Gasteiger partial charge < -0.3 is 19.5 Å². The van der Waals surface area contributed by atoms with Gasteiger partial charge in [-0.2, -0.15) is 0 Å². The SMILES string of the molecule is COc1ccc(CCNC(=O)c2ccc(COc3cccc4c3OC(C)(C)C4)cc2)cc1. The third-order valence-electron chi connectivity index (χ3n) is 5.52. The van der Waals surface area contributed by atoms with E-state index in [0.717, 1.165) is 41.2 Å². The maximum absolute atomic E-state index is 12.4. The molecule has 0 aliphatic carbocycles. The lowest BCUT2D eigenvalue weighted by Gasteiger charge is -2.18. The maximum atomic E-state index is 12.4. The summed E-state index contributed by atoms with van der Waals surface area (Å²) in [5.41, 5.74) is 3.75. The summed E-state index contributed by atoms with van der Waals surface area (Å²) in [4.78, 5) is 12.4. The summed E-state index contributed by atoms with van der Waals surface area (Å²) in [6.07, 6.45) is 1.64. The van der Waals surface area contributed by atoms with Crippen LogP contribution < -0.4 is 19.5 Å². The van der Waals surface area contributed by atoms with E-state index in [1.165, 1.54) is 5.56 Å². The van der Waals surface area contributed by atoms with Crippen LogP contribution in [0.1, 0.15) is 40.9 Å². The lowest BCUT2D eigenvalue weighted by atomic mass is 10.0. The van der Waals surface area contributed by atoms with Gasteiger partial charge in [-0.1, -0.05) is 36.4 Å². The Morgan fingerprint density at radius 1 is 1.00 bits per heavy atom. The molecule has 1 aliphatic rings. The Hall–Kier alpha value is -3.47. The third-order valence-corrected chi connectivity index (χ3v) is 5.52. The largest absolute Gasteiger partial charge is 0.497 e. The Morgan fingerprint density at radius 2 is 1.72 bits per heavy atom. The van der Waals surface area contributed by atoms with Crippen molar-refractivity contribution in [3.05, 3.63) is 89.0 Å². The molecule has 0 atom stereocenters. The number of benzene rings is 3. The van der Waals surface area contributed by atoms with E-state index < -0.39 is 0 Å². The van der Waals surface area contributed by atoms with Crippen molar-refractivity contribution in [2.24, 2.45) is 0 Å². The number of hydrogen-bond donors (Lipinski definition) is 1. The van der Waals surface area contributed by atoms with Gasteiger partial charge in [0.05, 0.1) is 7.11 Å². The summed E-state index contributed by atoms with van der Waals surface area (Å²) in [5, 5.41) is 2.97. The molecule has 4 rings (SSSR count). The van der Waals surface area contributed by atoms with E-state index in [4.69, 9.17) is 14.2 Å². The number of carbonyl (C=O) groups excluding carboxylic acids is 1. The van der Waals surface area contributed by atoms with Gasteiger partial charge in [0.25, 0.3) is 5.91 Å². The fourth-order valence-corrected chi connectivity index (χ4v) is 3.83.